The number of aromatic hydroxyl groups is 1. The van der Waals surface area contributed by atoms with E-state index in [9.17, 15) is 20.0 Å². The predicted molar refractivity (Wildman–Crippen MR) is 132 cm³/mol. The van der Waals surface area contributed by atoms with E-state index in [0.717, 1.165) is 22.3 Å². The van der Waals surface area contributed by atoms with Crippen LogP contribution in [-0.2, 0) is 15.6 Å². The molecule has 2 atom stereocenters. The van der Waals surface area contributed by atoms with Crippen molar-refractivity contribution in [2.75, 3.05) is 0 Å². The van der Waals surface area contributed by atoms with Crippen molar-refractivity contribution in [1.29, 1.82) is 0 Å². The number of hydrazine groups is 1. The fourth-order valence-electron chi connectivity index (χ4n) is 3.92. The molecule has 182 valence electrons. The first kappa shape index (κ1) is 25.3. The van der Waals surface area contributed by atoms with Gasteiger partial charge in [-0.05, 0) is 40.5 Å². The number of phenols is 1. The van der Waals surface area contributed by atoms with Gasteiger partial charge in [0.1, 0.15) is 11.8 Å². The van der Waals surface area contributed by atoms with Crippen LogP contribution >= 0.6 is 0 Å². The topological polar surface area (TPSA) is 129 Å². The molecule has 0 saturated carbocycles. The van der Waals surface area contributed by atoms with Crippen LogP contribution in [0.25, 0.3) is 0 Å². The Morgan fingerprint density at radius 2 is 1.74 bits per heavy atom. The highest BCUT2D eigenvalue weighted by atomic mass is 16.6. The zero-order valence-electron chi connectivity index (χ0n) is 20.5. The number of hydrogen-bond donors (Lipinski definition) is 4. The lowest BCUT2D eigenvalue weighted by molar-refractivity contribution is -0.384. The monoisotopic (exact) mass is 467 g/mol. The number of nitro groups is 1. The van der Waals surface area contributed by atoms with Crippen LogP contribution in [0.1, 0.15) is 76.3 Å². The molecular weight excluding hydrogens is 434 g/mol. The van der Waals surface area contributed by atoms with Gasteiger partial charge >= 0.3 is 0 Å². The Balaban J connectivity index is 1.71. The van der Waals surface area contributed by atoms with Gasteiger partial charge < -0.3 is 5.11 Å². The van der Waals surface area contributed by atoms with Crippen LogP contribution in [0.5, 0.6) is 5.75 Å². The van der Waals surface area contributed by atoms with Crippen LogP contribution in [0.15, 0.2) is 41.5 Å². The number of hydrazone groups is 1. The Bertz CT molecular complexity index is 1080. The van der Waals surface area contributed by atoms with E-state index in [0.29, 0.717) is 6.42 Å². The van der Waals surface area contributed by atoms with Crippen LogP contribution in [0.4, 0.5) is 5.69 Å². The zero-order valence-corrected chi connectivity index (χ0v) is 20.5. The molecule has 9 heteroatoms. The summed E-state index contributed by atoms with van der Waals surface area (Å²) in [5.74, 6) is -0.0304. The van der Waals surface area contributed by atoms with Crippen molar-refractivity contribution in [1.82, 2.24) is 16.3 Å². The van der Waals surface area contributed by atoms with E-state index in [1.165, 1.54) is 12.1 Å². The number of hydrogen-bond acceptors (Lipinski definition) is 7. The molecule has 1 saturated heterocycles. The molecule has 1 aliphatic heterocycles. The quantitative estimate of drug-likeness (QED) is 0.299. The smallest absolute Gasteiger partial charge is 0.269 e. The SMILES string of the molecule is CC(C)(C)c1cc(/C=N/NC(=O)C2CC(c3cccc([N+](=O)[O-])c3)NN2)cc(C(C)(C)C)c1O. The third-order valence-electron chi connectivity index (χ3n) is 5.84. The summed E-state index contributed by atoms with van der Waals surface area (Å²) in [6.07, 6.45) is 1.99. The lowest BCUT2D eigenvalue weighted by Crippen LogP contribution is -2.41. The number of nitro benzene ring substituents is 1. The highest BCUT2D eigenvalue weighted by Gasteiger charge is 2.31. The number of amides is 1. The summed E-state index contributed by atoms with van der Waals surface area (Å²) in [6, 6.07) is 9.34. The maximum atomic E-state index is 12.6. The number of non-ortho nitro benzene ring substituents is 1. The molecule has 0 spiro atoms. The van der Waals surface area contributed by atoms with Gasteiger partial charge in [-0.1, -0.05) is 53.7 Å². The van der Waals surface area contributed by atoms with Crippen molar-refractivity contribution in [2.24, 2.45) is 5.10 Å². The molecule has 4 N–H and O–H groups in total. The van der Waals surface area contributed by atoms with Crippen molar-refractivity contribution in [3.8, 4) is 5.75 Å². The molecule has 0 aromatic heterocycles. The van der Waals surface area contributed by atoms with Gasteiger partial charge in [0.15, 0.2) is 0 Å². The Kier molecular flexibility index (Phi) is 7.09. The van der Waals surface area contributed by atoms with Gasteiger partial charge in [-0.3, -0.25) is 14.9 Å². The molecule has 34 heavy (non-hydrogen) atoms. The summed E-state index contributed by atoms with van der Waals surface area (Å²) in [7, 11) is 0. The largest absolute Gasteiger partial charge is 0.507 e. The Labute approximate surface area is 199 Å². The Morgan fingerprint density at radius 3 is 2.29 bits per heavy atom. The molecule has 1 amide bonds. The summed E-state index contributed by atoms with van der Waals surface area (Å²) >= 11 is 0. The van der Waals surface area contributed by atoms with Crippen LogP contribution in [-0.4, -0.2) is 28.2 Å². The van der Waals surface area contributed by atoms with Crippen molar-refractivity contribution >= 4 is 17.8 Å². The molecular formula is C25H33N5O4. The van der Waals surface area contributed by atoms with Gasteiger partial charge in [0.05, 0.1) is 11.1 Å². The highest BCUT2D eigenvalue weighted by molar-refractivity contribution is 5.85. The van der Waals surface area contributed by atoms with E-state index in [4.69, 9.17) is 0 Å². The first-order valence-corrected chi connectivity index (χ1v) is 11.2. The van der Waals surface area contributed by atoms with Crippen molar-refractivity contribution in [3.05, 3.63) is 68.8 Å². The molecule has 3 rings (SSSR count). The van der Waals surface area contributed by atoms with E-state index in [1.807, 2.05) is 53.7 Å². The highest BCUT2D eigenvalue weighted by Crippen LogP contribution is 2.39. The van der Waals surface area contributed by atoms with E-state index >= 15 is 0 Å². The molecule has 1 fully saturated rings. The number of rotatable bonds is 5. The number of phenolic OH excluding ortho intramolecular Hbond substituents is 1. The van der Waals surface area contributed by atoms with E-state index in [1.54, 1.807) is 18.3 Å². The van der Waals surface area contributed by atoms with Gasteiger partial charge in [-0.25, -0.2) is 16.3 Å². The summed E-state index contributed by atoms with van der Waals surface area (Å²) in [5, 5.41) is 26.0. The standard InChI is InChI=1S/C25H33N5O4/c1-24(2,3)18-10-15(11-19(22(18)31)25(4,5)6)14-26-29-23(32)21-13-20(27-28-21)16-8-7-9-17(12-16)30(33)34/h7-12,14,20-21,27-28,31H,13H2,1-6H3,(H,29,32)/b26-14+. The normalized spacial score (nSPS) is 18.9. The van der Waals surface area contributed by atoms with Crippen LogP contribution in [0.3, 0.4) is 0 Å². The molecule has 0 radical (unpaired) electrons. The second-order valence-electron chi connectivity index (χ2n) is 10.7. The minimum absolute atomic E-state index is 0.00921. The fraction of sp³-hybridized carbons (Fsp3) is 0.440. The van der Waals surface area contributed by atoms with E-state index in [-0.39, 0.29) is 34.2 Å². The number of carbonyl (C=O) groups is 1. The average Bonchev–Trinajstić information content (AvgIpc) is 3.23. The van der Waals surface area contributed by atoms with Gasteiger partial charge in [-0.15, -0.1) is 0 Å². The van der Waals surface area contributed by atoms with Gasteiger partial charge in [0.2, 0.25) is 0 Å². The first-order valence-electron chi connectivity index (χ1n) is 11.2. The number of carbonyl (C=O) groups excluding carboxylic acids is 1. The second kappa shape index (κ2) is 9.52. The summed E-state index contributed by atoms with van der Waals surface area (Å²) in [6.45, 7) is 12.2. The minimum Gasteiger partial charge on any atom is -0.507 e. The third kappa shape index (κ3) is 5.78. The van der Waals surface area contributed by atoms with Gasteiger partial charge in [0.25, 0.3) is 11.6 Å². The predicted octanol–water partition coefficient (Wildman–Crippen LogP) is 3.95. The van der Waals surface area contributed by atoms with Crippen LogP contribution in [0.2, 0.25) is 0 Å². The maximum Gasteiger partial charge on any atom is 0.269 e. The molecule has 1 heterocycles. The molecule has 2 aromatic rings. The molecule has 2 aromatic carbocycles. The van der Waals surface area contributed by atoms with Gasteiger partial charge in [-0.2, -0.15) is 5.10 Å². The summed E-state index contributed by atoms with van der Waals surface area (Å²) in [4.78, 5) is 23.2. The average molecular weight is 468 g/mol. The number of benzene rings is 2. The number of nitrogens with one attached hydrogen (secondary N) is 3. The second-order valence-corrected chi connectivity index (χ2v) is 10.7. The molecule has 1 aliphatic rings. The first-order chi connectivity index (χ1) is 15.8. The third-order valence-corrected chi connectivity index (χ3v) is 5.84. The molecule has 0 bridgehead atoms. The molecule has 9 nitrogen and oxygen atoms in total. The van der Waals surface area contributed by atoms with Crippen molar-refractivity contribution < 1.29 is 14.8 Å². The number of nitrogens with zero attached hydrogens (tertiary/aromatic N) is 2. The van der Waals surface area contributed by atoms with Crippen molar-refractivity contribution in [3.63, 3.8) is 0 Å². The lowest BCUT2D eigenvalue weighted by Gasteiger charge is -2.27. The van der Waals surface area contributed by atoms with E-state index in [2.05, 4.69) is 21.4 Å². The van der Waals surface area contributed by atoms with E-state index < -0.39 is 11.0 Å². The summed E-state index contributed by atoms with van der Waals surface area (Å²) in [5.41, 5.74) is 11.1. The Hall–Kier alpha value is -3.30. The minimum atomic E-state index is -0.545. The van der Waals surface area contributed by atoms with Crippen molar-refractivity contribution in [2.45, 2.75) is 70.9 Å². The van der Waals surface area contributed by atoms with Crippen LogP contribution < -0.4 is 16.3 Å². The fourth-order valence-corrected chi connectivity index (χ4v) is 3.92. The molecule has 2 unspecified atom stereocenters. The lowest BCUT2D eigenvalue weighted by atomic mass is 9.78. The van der Waals surface area contributed by atoms with Gasteiger partial charge in [0, 0.05) is 29.3 Å². The van der Waals surface area contributed by atoms with Crippen LogP contribution in [0, 0.1) is 10.1 Å². The zero-order chi connectivity index (χ0) is 25.3. The molecule has 0 aliphatic carbocycles. The summed E-state index contributed by atoms with van der Waals surface area (Å²) < 4.78 is 0. The maximum absolute atomic E-state index is 12.6. The Morgan fingerprint density at radius 1 is 1.12 bits per heavy atom.